The summed E-state index contributed by atoms with van der Waals surface area (Å²) >= 11 is 6.05. The van der Waals surface area contributed by atoms with Crippen molar-refractivity contribution in [3.8, 4) is 11.1 Å². The number of hydrogen-bond donors (Lipinski definition) is 1. The number of quaternary nitrogens is 1. The number of carbonyl (C=O) groups is 1. The van der Waals surface area contributed by atoms with Crippen molar-refractivity contribution in [3.63, 3.8) is 0 Å². The number of benzene rings is 2. The van der Waals surface area contributed by atoms with E-state index in [-0.39, 0.29) is 23.1 Å². The summed E-state index contributed by atoms with van der Waals surface area (Å²) in [7, 11) is 4.53. The van der Waals surface area contributed by atoms with Crippen molar-refractivity contribution in [2.24, 2.45) is 0 Å². The van der Waals surface area contributed by atoms with Crippen LogP contribution in [0.3, 0.4) is 0 Å². The molecule has 1 N–H and O–H groups in total. The number of ether oxygens (including phenoxy) is 1. The average molecular weight is 484 g/mol. The highest BCUT2D eigenvalue weighted by Gasteiger charge is 2.49. The molecule has 29 heavy (non-hydrogen) atoms. The zero-order valence-corrected chi connectivity index (χ0v) is 18.8. The van der Waals surface area contributed by atoms with Crippen LogP contribution in [-0.4, -0.2) is 42.9 Å². The third-order valence-electron chi connectivity index (χ3n) is 6.42. The number of hydrogen-bond acceptors (Lipinski definition) is 2. The van der Waals surface area contributed by atoms with E-state index in [2.05, 4.69) is 19.4 Å². The highest BCUT2D eigenvalue weighted by molar-refractivity contribution is 6.30. The Balaban J connectivity index is 0.00000240. The van der Waals surface area contributed by atoms with Gasteiger partial charge in [0.2, 0.25) is 0 Å². The molecule has 2 bridgehead atoms. The lowest BCUT2D eigenvalue weighted by Crippen LogP contribution is -3.00. The van der Waals surface area contributed by atoms with Crippen LogP contribution in [0.15, 0.2) is 42.5 Å². The molecule has 4 nitrogen and oxygen atoms in total. The minimum absolute atomic E-state index is 0. The van der Waals surface area contributed by atoms with Crippen molar-refractivity contribution in [2.75, 3.05) is 19.4 Å². The molecule has 4 rings (SSSR count). The topological polar surface area (TPSA) is 38.3 Å². The number of amides is 1. The summed E-state index contributed by atoms with van der Waals surface area (Å²) in [4.78, 5) is 12.6. The summed E-state index contributed by atoms with van der Waals surface area (Å²) in [6, 6.07) is 12.6. The molecule has 2 heterocycles. The Bertz CT molecular complexity index is 892. The molecule has 7 heteroatoms. The molecule has 156 valence electrons. The van der Waals surface area contributed by atoms with Gasteiger partial charge in [0.05, 0.1) is 31.9 Å². The van der Waals surface area contributed by atoms with Crippen LogP contribution < -0.4 is 22.3 Å². The van der Waals surface area contributed by atoms with E-state index >= 15 is 0 Å². The van der Waals surface area contributed by atoms with Gasteiger partial charge in [-0.1, -0.05) is 29.8 Å². The average Bonchev–Trinajstić information content (AvgIpc) is 2.80. The van der Waals surface area contributed by atoms with Crippen LogP contribution in [0.5, 0.6) is 0 Å². The second-order valence-corrected chi connectivity index (χ2v) is 8.75. The maximum atomic E-state index is 14.5. The summed E-state index contributed by atoms with van der Waals surface area (Å²) < 4.78 is 21.3. The van der Waals surface area contributed by atoms with Crippen molar-refractivity contribution in [2.45, 2.75) is 43.9 Å². The zero-order valence-electron chi connectivity index (χ0n) is 16.5. The highest BCUT2D eigenvalue weighted by Crippen LogP contribution is 2.40. The van der Waals surface area contributed by atoms with Gasteiger partial charge >= 0.3 is 6.09 Å². The molecule has 0 radical (unpaired) electrons. The molecule has 0 spiro atoms. The van der Waals surface area contributed by atoms with Gasteiger partial charge in [0.15, 0.2) is 0 Å². The maximum absolute atomic E-state index is 14.5. The number of carbonyl (C=O) groups excluding carboxylic acids is 1. The molecular weight excluding hydrogens is 459 g/mol. The second-order valence-electron chi connectivity index (χ2n) is 8.31. The molecule has 2 aromatic rings. The van der Waals surface area contributed by atoms with Crippen molar-refractivity contribution < 1.29 is 35.4 Å². The van der Waals surface area contributed by atoms with E-state index in [9.17, 15) is 9.18 Å². The number of rotatable bonds is 3. The second kappa shape index (κ2) is 8.62. The Morgan fingerprint density at radius 2 is 1.79 bits per heavy atom. The van der Waals surface area contributed by atoms with Crippen molar-refractivity contribution >= 4 is 23.4 Å². The number of nitrogens with zero attached hydrogens (tertiary/aromatic N) is 1. The van der Waals surface area contributed by atoms with Gasteiger partial charge in [-0.3, -0.25) is 5.32 Å². The molecule has 2 atom stereocenters. The number of anilines is 1. The lowest BCUT2D eigenvalue weighted by atomic mass is 9.98. The predicted octanol–water partition coefficient (Wildman–Crippen LogP) is 2.47. The van der Waals surface area contributed by atoms with E-state index in [1.165, 1.54) is 18.9 Å². The quantitative estimate of drug-likeness (QED) is 0.681. The SMILES string of the molecule is C[N+]1(C)C2CCC1CC(OC(=O)Nc1cccc(F)c1-c1cccc(Cl)c1)C2.[Br-]. The largest absolute Gasteiger partial charge is 1.00 e. The molecular formula is C22H25BrClFN2O2. The van der Waals surface area contributed by atoms with Gasteiger partial charge in [-0.2, -0.15) is 0 Å². The van der Waals surface area contributed by atoms with E-state index in [0.717, 1.165) is 17.3 Å². The standard InChI is InChI=1S/C22H24ClFN2O2.BrH/c1-26(2)16-9-10-17(26)13-18(12-16)28-22(27)25-20-8-4-7-19(24)21(20)14-5-3-6-15(23)11-14;/h3-8,11,16-18H,9-10,12-13H2,1-2H3;1H. The number of piperidine rings is 1. The zero-order chi connectivity index (χ0) is 19.9. The molecule has 2 fully saturated rings. The summed E-state index contributed by atoms with van der Waals surface area (Å²) in [6.45, 7) is 0. The van der Waals surface area contributed by atoms with Gasteiger partial charge in [-0.05, 0) is 29.8 Å². The molecule has 2 aliphatic rings. The Labute approximate surface area is 186 Å². The first kappa shape index (κ1) is 22.1. The molecule has 2 aromatic carbocycles. The van der Waals surface area contributed by atoms with Crippen LogP contribution in [0.25, 0.3) is 11.1 Å². The molecule has 0 aliphatic carbocycles. The number of nitrogens with one attached hydrogen (secondary N) is 1. The molecule has 2 aliphatic heterocycles. The lowest BCUT2D eigenvalue weighted by Gasteiger charge is -2.43. The van der Waals surface area contributed by atoms with Gasteiger partial charge in [-0.25, -0.2) is 9.18 Å². The number of halogens is 3. The molecule has 2 unspecified atom stereocenters. The third-order valence-corrected chi connectivity index (χ3v) is 6.66. The van der Waals surface area contributed by atoms with Gasteiger partial charge < -0.3 is 26.2 Å². The Morgan fingerprint density at radius 1 is 1.14 bits per heavy atom. The first-order valence-electron chi connectivity index (χ1n) is 9.70. The fourth-order valence-corrected chi connectivity index (χ4v) is 4.97. The van der Waals surface area contributed by atoms with Crippen LogP contribution in [0.4, 0.5) is 14.9 Å². The van der Waals surface area contributed by atoms with Gasteiger partial charge in [-0.15, -0.1) is 0 Å². The first-order chi connectivity index (χ1) is 13.3. The van der Waals surface area contributed by atoms with Crippen LogP contribution in [0.1, 0.15) is 25.7 Å². The fourth-order valence-electron chi connectivity index (χ4n) is 4.78. The minimum Gasteiger partial charge on any atom is -1.00 e. The summed E-state index contributed by atoms with van der Waals surface area (Å²) in [5, 5.41) is 3.25. The highest BCUT2D eigenvalue weighted by atomic mass is 79.9. The van der Waals surface area contributed by atoms with Gasteiger partial charge in [0, 0.05) is 36.3 Å². The summed E-state index contributed by atoms with van der Waals surface area (Å²) in [5.41, 5.74) is 1.29. The van der Waals surface area contributed by atoms with E-state index in [1.807, 2.05) is 0 Å². The lowest BCUT2D eigenvalue weighted by molar-refractivity contribution is -0.931. The van der Waals surface area contributed by atoms with E-state index < -0.39 is 11.9 Å². The fraction of sp³-hybridized carbons (Fsp3) is 0.409. The minimum atomic E-state index is -0.537. The Kier molecular flexibility index (Phi) is 6.56. The van der Waals surface area contributed by atoms with Crippen LogP contribution in [0.2, 0.25) is 5.02 Å². The molecule has 0 aromatic heterocycles. The van der Waals surface area contributed by atoms with E-state index in [0.29, 0.717) is 33.9 Å². The molecule has 0 saturated carbocycles. The Morgan fingerprint density at radius 3 is 2.45 bits per heavy atom. The van der Waals surface area contributed by atoms with Gasteiger partial charge in [0.25, 0.3) is 0 Å². The molecule has 2 saturated heterocycles. The van der Waals surface area contributed by atoms with Crippen molar-refractivity contribution in [1.29, 1.82) is 0 Å². The monoisotopic (exact) mass is 482 g/mol. The Hall–Kier alpha value is -1.63. The summed E-state index contributed by atoms with van der Waals surface area (Å²) in [5.74, 6) is -0.421. The predicted molar refractivity (Wildman–Crippen MR) is 109 cm³/mol. The smallest absolute Gasteiger partial charge is 0.411 e. The van der Waals surface area contributed by atoms with E-state index in [4.69, 9.17) is 16.3 Å². The van der Waals surface area contributed by atoms with Crippen LogP contribution in [0, 0.1) is 5.82 Å². The first-order valence-corrected chi connectivity index (χ1v) is 10.1. The van der Waals surface area contributed by atoms with E-state index in [1.54, 1.807) is 36.4 Å². The molecule has 1 amide bonds. The van der Waals surface area contributed by atoms with Crippen molar-refractivity contribution in [3.05, 3.63) is 53.3 Å². The van der Waals surface area contributed by atoms with Crippen LogP contribution >= 0.6 is 11.6 Å². The van der Waals surface area contributed by atoms with Crippen LogP contribution in [-0.2, 0) is 4.74 Å². The maximum Gasteiger partial charge on any atom is 0.411 e. The normalized spacial score (nSPS) is 24.5. The van der Waals surface area contributed by atoms with Crippen molar-refractivity contribution in [1.82, 2.24) is 0 Å². The number of fused-ring (bicyclic) bond motifs is 2. The third kappa shape index (κ3) is 4.44. The van der Waals surface area contributed by atoms with Gasteiger partial charge in [0.1, 0.15) is 11.9 Å². The summed E-state index contributed by atoms with van der Waals surface area (Å²) in [6.07, 6.45) is 3.49.